The Morgan fingerprint density at radius 3 is 2.74 bits per heavy atom. The predicted molar refractivity (Wildman–Crippen MR) is 78.9 cm³/mol. The highest BCUT2D eigenvalue weighted by Gasteiger charge is 2.36. The molecule has 108 valence electrons. The van der Waals surface area contributed by atoms with Crippen LogP contribution in [-0.2, 0) is 16.6 Å². The highest BCUT2D eigenvalue weighted by atomic mass is 32.2. The molecule has 0 aromatic carbocycles. The highest BCUT2D eigenvalue weighted by molar-refractivity contribution is 7.91. The van der Waals surface area contributed by atoms with E-state index in [9.17, 15) is 8.42 Å². The molecule has 2 N–H and O–H groups in total. The predicted octanol–water partition coefficient (Wildman–Crippen LogP) is 2.47. The van der Waals surface area contributed by atoms with Gasteiger partial charge in [0.1, 0.15) is 4.21 Å². The first-order chi connectivity index (χ1) is 8.95. The molecule has 0 spiro atoms. The Morgan fingerprint density at radius 2 is 2.16 bits per heavy atom. The van der Waals surface area contributed by atoms with Crippen LogP contribution in [0.3, 0.4) is 0 Å². The highest BCUT2D eigenvalue weighted by Crippen LogP contribution is 2.33. The molecule has 0 radical (unpaired) electrons. The molecule has 1 aromatic rings. The molecule has 0 aliphatic heterocycles. The maximum Gasteiger partial charge on any atom is 0.250 e. The van der Waals surface area contributed by atoms with Crippen LogP contribution in [0.5, 0.6) is 0 Å². The molecular weight excluding hydrogens is 280 g/mol. The molecule has 1 fully saturated rings. The lowest BCUT2D eigenvalue weighted by Crippen LogP contribution is -2.50. The Bertz CT molecular complexity index is 519. The van der Waals surface area contributed by atoms with Gasteiger partial charge in [0.2, 0.25) is 0 Å². The Labute approximate surface area is 119 Å². The Morgan fingerprint density at radius 1 is 1.42 bits per heavy atom. The third-order valence-electron chi connectivity index (χ3n) is 3.49. The lowest BCUT2D eigenvalue weighted by molar-refractivity contribution is 0.248. The van der Waals surface area contributed by atoms with Gasteiger partial charge in [-0.05, 0) is 56.2 Å². The van der Waals surface area contributed by atoms with Crippen LogP contribution in [0.25, 0.3) is 0 Å². The summed E-state index contributed by atoms with van der Waals surface area (Å²) >= 11 is 1.30. The summed E-state index contributed by atoms with van der Waals surface area (Å²) in [4.78, 5) is 0. The minimum Gasteiger partial charge on any atom is -0.313 e. The van der Waals surface area contributed by atoms with Gasteiger partial charge in [-0.3, -0.25) is 0 Å². The third kappa shape index (κ3) is 3.78. The molecule has 4 nitrogen and oxygen atoms in total. The average Bonchev–Trinajstić information content (AvgIpc) is 2.76. The van der Waals surface area contributed by atoms with Crippen LogP contribution in [0, 0.1) is 0 Å². The first kappa shape index (κ1) is 15.0. The maximum absolute atomic E-state index is 12.3. The van der Waals surface area contributed by atoms with Crippen molar-refractivity contribution in [3.05, 3.63) is 17.0 Å². The van der Waals surface area contributed by atoms with Crippen LogP contribution in [0.15, 0.2) is 15.7 Å². The number of thiophene rings is 1. The third-order valence-corrected chi connectivity index (χ3v) is 6.62. The molecule has 0 saturated heterocycles. The second-order valence-electron chi connectivity index (χ2n) is 5.47. The Balaban J connectivity index is 2.00. The van der Waals surface area contributed by atoms with Crippen molar-refractivity contribution in [2.24, 2.45) is 0 Å². The van der Waals surface area contributed by atoms with Gasteiger partial charge in [-0.15, -0.1) is 11.3 Å². The monoisotopic (exact) mass is 302 g/mol. The van der Waals surface area contributed by atoms with E-state index in [4.69, 9.17) is 0 Å². The van der Waals surface area contributed by atoms with Crippen molar-refractivity contribution < 1.29 is 8.42 Å². The number of rotatable bonds is 7. The summed E-state index contributed by atoms with van der Waals surface area (Å²) in [6, 6.07) is 1.78. The van der Waals surface area contributed by atoms with Crippen molar-refractivity contribution in [3.8, 4) is 0 Å². The minimum atomic E-state index is -3.35. The summed E-state index contributed by atoms with van der Waals surface area (Å²) in [6.07, 6.45) is 4.05. The van der Waals surface area contributed by atoms with Gasteiger partial charge in [0.05, 0.1) is 0 Å². The molecule has 1 heterocycles. The average molecular weight is 302 g/mol. The number of sulfonamides is 1. The van der Waals surface area contributed by atoms with E-state index in [1.165, 1.54) is 11.3 Å². The number of hydrogen-bond acceptors (Lipinski definition) is 4. The second kappa shape index (κ2) is 5.91. The molecule has 1 saturated carbocycles. The van der Waals surface area contributed by atoms with Crippen LogP contribution in [0.2, 0.25) is 0 Å². The quantitative estimate of drug-likeness (QED) is 0.761. The van der Waals surface area contributed by atoms with E-state index in [1.807, 2.05) is 12.3 Å². The van der Waals surface area contributed by atoms with Gasteiger partial charge in [-0.25, -0.2) is 13.1 Å². The van der Waals surface area contributed by atoms with Crippen molar-refractivity contribution in [1.29, 1.82) is 0 Å². The summed E-state index contributed by atoms with van der Waals surface area (Å²) in [5.41, 5.74) is 0.807. The summed E-state index contributed by atoms with van der Waals surface area (Å²) < 4.78 is 27.8. The lowest BCUT2D eigenvalue weighted by Gasteiger charge is -2.38. The number of hydrogen-bond donors (Lipinski definition) is 2. The van der Waals surface area contributed by atoms with E-state index in [1.54, 1.807) is 6.07 Å². The van der Waals surface area contributed by atoms with E-state index in [-0.39, 0.29) is 5.54 Å². The molecular formula is C13H22N2O2S2. The number of nitrogens with one attached hydrogen (secondary N) is 2. The normalized spacial score (nSPS) is 18.2. The van der Waals surface area contributed by atoms with Crippen LogP contribution in [0.1, 0.15) is 45.1 Å². The van der Waals surface area contributed by atoms with Crippen molar-refractivity contribution in [2.45, 2.75) is 55.8 Å². The molecule has 2 rings (SSSR count). The summed E-state index contributed by atoms with van der Waals surface area (Å²) in [5.74, 6) is 0. The molecule has 0 atom stereocenters. The molecule has 1 aliphatic carbocycles. The standard InChI is InChI=1S/C13H22N2O2S2/c1-3-7-14-9-11-8-12(18-10-11)19(16,17)15-13(2)5-4-6-13/h8,10,14-15H,3-7,9H2,1-2H3. The van der Waals surface area contributed by atoms with E-state index in [0.29, 0.717) is 4.21 Å². The first-order valence-corrected chi connectivity index (χ1v) is 9.14. The van der Waals surface area contributed by atoms with Gasteiger partial charge < -0.3 is 5.32 Å². The molecule has 0 unspecified atom stereocenters. The largest absolute Gasteiger partial charge is 0.313 e. The zero-order valence-corrected chi connectivity index (χ0v) is 13.2. The zero-order valence-electron chi connectivity index (χ0n) is 11.5. The van der Waals surface area contributed by atoms with Gasteiger partial charge in [0.15, 0.2) is 0 Å². The van der Waals surface area contributed by atoms with E-state index in [2.05, 4.69) is 17.0 Å². The summed E-state index contributed by atoms with van der Waals surface area (Å²) in [7, 11) is -3.35. The van der Waals surface area contributed by atoms with Crippen molar-refractivity contribution in [1.82, 2.24) is 10.0 Å². The lowest BCUT2D eigenvalue weighted by atomic mass is 9.80. The van der Waals surface area contributed by atoms with Crippen LogP contribution in [-0.4, -0.2) is 20.5 Å². The van der Waals surface area contributed by atoms with Crippen molar-refractivity contribution >= 4 is 21.4 Å². The summed E-state index contributed by atoms with van der Waals surface area (Å²) in [5, 5.41) is 5.20. The van der Waals surface area contributed by atoms with Gasteiger partial charge in [-0.1, -0.05) is 6.92 Å². The maximum atomic E-state index is 12.3. The summed E-state index contributed by atoms with van der Waals surface area (Å²) in [6.45, 7) is 5.77. The van der Waals surface area contributed by atoms with Crippen LogP contribution < -0.4 is 10.0 Å². The van der Waals surface area contributed by atoms with E-state index < -0.39 is 10.0 Å². The fourth-order valence-electron chi connectivity index (χ4n) is 2.18. The first-order valence-electron chi connectivity index (χ1n) is 6.77. The van der Waals surface area contributed by atoms with Crippen LogP contribution >= 0.6 is 11.3 Å². The Kier molecular flexibility index (Phi) is 4.66. The van der Waals surface area contributed by atoms with Gasteiger partial charge in [0, 0.05) is 12.1 Å². The van der Waals surface area contributed by atoms with Gasteiger partial charge >= 0.3 is 0 Å². The molecule has 0 bridgehead atoms. The van der Waals surface area contributed by atoms with Gasteiger partial charge in [-0.2, -0.15) is 0 Å². The van der Waals surface area contributed by atoms with E-state index in [0.717, 1.165) is 44.3 Å². The minimum absolute atomic E-state index is 0.233. The molecule has 1 aromatic heterocycles. The second-order valence-corrected chi connectivity index (χ2v) is 8.29. The molecule has 0 amide bonds. The zero-order chi connectivity index (χ0) is 13.9. The van der Waals surface area contributed by atoms with Gasteiger partial charge in [0.25, 0.3) is 10.0 Å². The topological polar surface area (TPSA) is 58.2 Å². The van der Waals surface area contributed by atoms with Crippen molar-refractivity contribution in [2.75, 3.05) is 6.54 Å². The van der Waals surface area contributed by atoms with E-state index >= 15 is 0 Å². The fraction of sp³-hybridized carbons (Fsp3) is 0.692. The SMILES string of the molecule is CCCNCc1csc(S(=O)(=O)NC2(C)CCC2)c1. The molecule has 19 heavy (non-hydrogen) atoms. The molecule has 6 heteroatoms. The molecule has 1 aliphatic rings. The van der Waals surface area contributed by atoms with Crippen LogP contribution in [0.4, 0.5) is 0 Å². The Hall–Kier alpha value is -0.430. The van der Waals surface area contributed by atoms with Crippen molar-refractivity contribution in [3.63, 3.8) is 0 Å². The smallest absolute Gasteiger partial charge is 0.250 e. The fourth-order valence-corrected chi connectivity index (χ4v) is 4.85.